The monoisotopic (exact) mass is 428 g/mol. The van der Waals surface area contributed by atoms with Crippen LogP contribution in [0.2, 0.25) is 0 Å². The van der Waals surface area contributed by atoms with Gasteiger partial charge in [0.05, 0.1) is 11.5 Å². The van der Waals surface area contributed by atoms with Gasteiger partial charge in [-0.15, -0.1) is 0 Å². The van der Waals surface area contributed by atoms with Gasteiger partial charge in [-0.05, 0) is 17.5 Å². The molecule has 0 saturated carbocycles. The van der Waals surface area contributed by atoms with E-state index >= 15 is 0 Å². The van der Waals surface area contributed by atoms with E-state index in [1.54, 1.807) is 7.05 Å². The summed E-state index contributed by atoms with van der Waals surface area (Å²) in [6.07, 6.45) is 0.572. The van der Waals surface area contributed by atoms with E-state index in [9.17, 15) is 8.42 Å². The standard InChI is InChI=1S/C23H32N4O2S/c1-24-23(25-13-8-18-30(28,29)20-22-11-6-3-7-12-22)27-16-14-26(15-17-27)19-21-9-4-2-5-10-21/h2-7,9-12H,8,13-20H2,1H3,(H,24,25). The number of piperazine rings is 1. The predicted octanol–water partition coefficient (Wildman–Crippen LogP) is 2.38. The first kappa shape index (κ1) is 22.3. The Morgan fingerprint density at radius 1 is 0.933 bits per heavy atom. The molecule has 1 aliphatic heterocycles. The zero-order valence-corrected chi connectivity index (χ0v) is 18.5. The summed E-state index contributed by atoms with van der Waals surface area (Å²) in [4.78, 5) is 9.09. The molecule has 162 valence electrons. The average molecular weight is 429 g/mol. The molecule has 0 aromatic heterocycles. The van der Waals surface area contributed by atoms with E-state index in [0.717, 1.165) is 44.2 Å². The van der Waals surface area contributed by atoms with E-state index in [1.807, 2.05) is 36.4 Å². The Morgan fingerprint density at radius 2 is 1.53 bits per heavy atom. The first-order valence-electron chi connectivity index (χ1n) is 10.5. The number of nitrogens with zero attached hydrogens (tertiary/aromatic N) is 3. The average Bonchev–Trinajstić information content (AvgIpc) is 2.76. The molecule has 7 heteroatoms. The minimum Gasteiger partial charge on any atom is -0.356 e. The van der Waals surface area contributed by atoms with Crippen molar-refractivity contribution in [2.45, 2.75) is 18.7 Å². The molecule has 1 aliphatic rings. The van der Waals surface area contributed by atoms with E-state index in [2.05, 4.69) is 44.4 Å². The molecule has 1 heterocycles. The third kappa shape index (κ3) is 7.15. The van der Waals surface area contributed by atoms with Gasteiger partial charge in [0.1, 0.15) is 0 Å². The summed E-state index contributed by atoms with van der Waals surface area (Å²) in [6, 6.07) is 19.9. The van der Waals surface area contributed by atoms with E-state index in [4.69, 9.17) is 0 Å². The van der Waals surface area contributed by atoms with Gasteiger partial charge < -0.3 is 10.2 Å². The van der Waals surface area contributed by atoms with Crippen LogP contribution in [0.5, 0.6) is 0 Å². The van der Waals surface area contributed by atoms with Crippen LogP contribution in [0.15, 0.2) is 65.7 Å². The molecule has 1 fully saturated rings. The van der Waals surface area contributed by atoms with Crippen molar-refractivity contribution >= 4 is 15.8 Å². The van der Waals surface area contributed by atoms with Crippen molar-refractivity contribution in [3.63, 3.8) is 0 Å². The lowest BCUT2D eigenvalue weighted by Gasteiger charge is -2.36. The molecule has 6 nitrogen and oxygen atoms in total. The Labute approximate surface area is 180 Å². The van der Waals surface area contributed by atoms with Crippen molar-refractivity contribution in [1.82, 2.24) is 15.1 Å². The maximum atomic E-state index is 12.3. The number of benzene rings is 2. The topological polar surface area (TPSA) is 65.0 Å². The molecule has 0 bridgehead atoms. The van der Waals surface area contributed by atoms with Crippen LogP contribution in [-0.4, -0.2) is 69.7 Å². The highest BCUT2D eigenvalue weighted by Gasteiger charge is 2.19. The van der Waals surface area contributed by atoms with E-state index in [0.29, 0.717) is 13.0 Å². The molecular formula is C23H32N4O2S. The van der Waals surface area contributed by atoms with Crippen LogP contribution in [0.4, 0.5) is 0 Å². The van der Waals surface area contributed by atoms with Crippen LogP contribution in [0.1, 0.15) is 17.5 Å². The van der Waals surface area contributed by atoms with Gasteiger partial charge in [-0.2, -0.15) is 0 Å². The highest BCUT2D eigenvalue weighted by molar-refractivity contribution is 7.90. The SMILES string of the molecule is CN=C(NCCCS(=O)(=O)Cc1ccccc1)N1CCN(Cc2ccccc2)CC1. The van der Waals surface area contributed by atoms with Crippen LogP contribution >= 0.6 is 0 Å². The summed E-state index contributed by atoms with van der Waals surface area (Å²) in [5, 5.41) is 3.33. The smallest absolute Gasteiger partial charge is 0.193 e. The maximum Gasteiger partial charge on any atom is 0.193 e. The number of hydrogen-bond donors (Lipinski definition) is 1. The summed E-state index contributed by atoms with van der Waals surface area (Å²) in [5.74, 6) is 1.14. The molecule has 0 aliphatic carbocycles. The summed E-state index contributed by atoms with van der Waals surface area (Å²) in [7, 11) is -1.32. The first-order chi connectivity index (χ1) is 14.6. The Balaban J connectivity index is 1.38. The van der Waals surface area contributed by atoms with Gasteiger partial charge in [0.15, 0.2) is 15.8 Å². The van der Waals surface area contributed by atoms with Crippen LogP contribution in [0.25, 0.3) is 0 Å². The van der Waals surface area contributed by atoms with E-state index in [1.165, 1.54) is 5.56 Å². The van der Waals surface area contributed by atoms with Crippen molar-refractivity contribution in [1.29, 1.82) is 0 Å². The highest BCUT2D eigenvalue weighted by atomic mass is 32.2. The van der Waals surface area contributed by atoms with Gasteiger partial charge in [0, 0.05) is 46.3 Å². The second kappa shape index (κ2) is 11.1. The van der Waals surface area contributed by atoms with Gasteiger partial charge in [0.2, 0.25) is 0 Å². The van der Waals surface area contributed by atoms with Crippen molar-refractivity contribution in [3.05, 3.63) is 71.8 Å². The molecule has 0 amide bonds. The lowest BCUT2D eigenvalue weighted by molar-refractivity contribution is 0.172. The fourth-order valence-corrected chi connectivity index (χ4v) is 5.11. The summed E-state index contributed by atoms with van der Waals surface area (Å²) < 4.78 is 24.7. The number of rotatable bonds is 8. The van der Waals surface area contributed by atoms with Gasteiger partial charge in [-0.3, -0.25) is 9.89 Å². The Kier molecular flexibility index (Phi) is 8.28. The molecule has 0 spiro atoms. The molecule has 0 unspecified atom stereocenters. The third-order valence-corrected chi connectivity index (χ3v) is 6.96. The lowest BCUT2D eigenvalue weighted by Crippen LogP contribution is -2.52. The molecule has 1 saturated heterocycles. The zero-order chi connectivity index (χ0) is 21.2. The summed E-state index contributed by atoms with van der Waals surface area (Å²) in [6.45, 7) is 5.38. The molecule has 2 aromatic rings. The van der Waals surface area contributed by atoms with Crippen molar-refractivity contribution in [2.75, 3.05) is 45.5 Å². The number of hydrogen-bond acceptors (Lipinski definition) is 4. The molecule has 0 atom stereocenters. The van der Waals surface area contributed by atoms with Crippen molar-refractivity contribution in [3.8, 4) is 0 Å². The predicted molar refractivity (Wildman–Crippen MR) is 123 cm³/mol. The van der Waals surface area contributed by atoms with Gasteiger partial charge in [0.25, 0.3) is 0 Å². The van der Waals surface area contributed by atoms with Crippen molar-refractivity contribution < 1.29 is 8.42 Å². The minimum atomic E-state index is -3.10. The Bertz CT molecular complexity index is 893. The van der Waals surface area contributed by atoms with Crippen LogP contribution < -0.4 is 5.32 Å². The molecular weight excluding hydrogens is 396 g/mol. The molecule has 0 radical (unpaired) electrons. The fraction of sp³-hybridized carbons (Fsp3) is 0.435. The van der Waals surface area contributed by atoms with Gasteiger partial charge >= 0.3 is 0 Å². The third-order valence-electron chi connectivity index (χ3n) is 5.28. The summed E-state index contributed by atoms with van der Waals surface area (Å²) >= 11 is 0. The molecule has 2 aromatic carbocycles. The van der Waals surface area contributed by atoms with Crippen LogP contribution in [0, 0.1) is 0 Å². The minimum absolute atomic E-state index is 0.103. The van der Waals surface area contributed by atoms with Crippen LogP contribution in [0.3, 0.4) is 0 Å². The largest absolute Gasteiger partial charge is 0.356 e. The highest BCUT2D eigenvalue weighted by Crippen LogP contribution is 2.09. The fourth-order valence-electron chi connectivity index (χ4n) is 3.68. The number of guanidine groups is 1. The number of sulfone groups is 1. The first-order valence-corrected chi connectivity index (χ1v) is 12.3. The Hall–Kier alpha value is -2.38. The molecule has 3 rings (SSSR count). The molecule has 30 heavy (non-hydrogen) atoms. The van der Waals surface area contributed by atoms with Crippen molar-refractivity contribution in [2.24, 2.45) is 4.99 Å². The zero-order valence-electron chi connectivity index (χ0n) is 17.7. The van der Waals surface area contributed by atoms with E-state index < -0.39 is 9.84 Å². The second-order valence-electron chi connectivity index (χ2n) is 7.65. The van der Waals surface area contributed by atoms with Gasteiger partial charge in [-0.1, -0.05) is 60.7 Å². The summed E-state index contributed by atoms with van der Waals surface area (Å²) in [5.41, 5.74) is 2.18. The van der Waals surface area contributed by atoms with Gasteiger partial charge in [-0.25, -0.2) is 8.42 Å². The lowest BCUT2D eigenvalue weighted by atomic mass is 10.2. The molecule has 1 N–H and O–H groups in total. The number of aliphatic imine (C=N–C) groups is 1. The quantitative estimate of drug-likeness (QED) is 0.397. The van der Waals surface area contributed by atoms with E-state index in [-0.39, 0.29) is 11.5 Å². The Morgan fingerprint density at radius 3 is 2.13 bits per heavy atom. The number of nitrogens with one attached hydrogen (secondary N) is 1. The second-order valence-corrected chi connectivity index (χ2v) is 9.84. The normalized spacial score (nSPS) is 15.9. The maximum absolute atomic E-state index is 12.3. The van der Waals surface area contributed by atoms with Crippen LogP contribution in [-0.2, 0) is 22.1 Å².